The topological polar surface area (TPSA) is 137 Å². The summed E-state index contributed by atoms with van der Waals surface area (Å²) < 4.78 is 63.3. The van der Waals surface area contributed by atoms with Gasteiger partial charge in [-0.05, 0) is 48.2 Å². The number of hydrogen-bond acceptors (Lipinski definition) is 7. The molecule has 0 saturated carbocycles. The van der Waals surface area contributed by atoms with Crippen LogP contribution >= 0.6 is 19.1 Å². The van der Waals surface area contributed by atoms with Gasteiger partial charge in [0.2, 0.25) is 10.0 Å². The Morgan fingerprint density at radius 1 is 1.26 bits per heavy atom. The third kappa shape index (κ3) is 5.84. The van der Waals surface area contributed by atoms with Gasteiger partial charge in [0.25, 0.3) is 5.91 Å². The molecular formula is C25H29ClFN4O6PS. The zero-order valence-electron chi connectivity index (χ0n) is 21.9. The molecular weight excluding hydrogens is 570 g/mol. The van der Waals surface area contributed by atoms with E-state index in [1.54, 1.807) is 6.92 Å². The van der Waals surface area contributed by atoms with E-state index in [1.165, 1.54) is 41.3 Å². The first-order valence-corrected chi connectivity index (χ1v) is 15.8. The molecule has 0 fully saturated rings. The molecule has 2 heterocycles. The van der Waals surface area contributed by atoms with Crippen molar-refractivity contribution in [1.29, 1.82) is 0 Å². The van der Waals surface area contributed by atoms with Crippen LogP contribution in [0.15, 0.2) is 52.5 Å². The number of carbonyl (C=O) groups excluding carboxylic acids is 1. The monoisotopic (exact) mass is 598 g/mol. The number of hydrogen-bond donors (Lipinski definition) is 3. The highest BCUT2D eigenvalue weighted by Crippen LogP contribution is 2.53. The number of halogens is 2. The van der Waals surface area contributed by atoms with Crippen molar-refractivity contribution in [2.45, 2.75) is 40.3 Å². The maximum absolute atomic E-state index is 14.0. The molecule has 0 aromatic heterocycles. The molecule has 0 saturated heterocycles. The Balaban J connectivity index is 1.79. The normalized spacial score (nSPS) is 21.5. The van der Waals surface area contributed by atoms with Gasteiger partial charge in [0.1, 0.15) is 17.1 Å². The fourth-order valence-corrected chi connectivity index (χ4v) is 7.19. The lowest BCUT2D eigenvalue weighted by Gasteiger charge is -2.35. The minimum atomic E-state index is -4.00. The molecule has 2 aliphatic heterocycles. The van der Waals surface area contributed by atoms with E-state index in [2.05, 4.69) is 14.8 Å². The number of amidine groups is 1. The molecule has 1 amide bonds. The molecule has 2 atom stereocenters. The number of sulfonamides is 1. The summed E-state index contributed by atoms with van der Waals surface area (Å²) in [6.45, 7) is 7.20. The van der Waals surface area contributed by atoms with Crippen LogP contribution in [-0.2, 0) is 30.5 Å². The van der Waals surface area contributed by atoms with Gasteiger partial charge in [0.05, 0.1) is 34.9 Å². The molecule has 2 aliphatic rings. The fraction of sp³-hybridized carbons (Fsp3) is 0.360. The minimum Gasteiger partial charge on any atom is -0.509 e. The van der Waals surface area contributed by atoms with E-state index in [0.29, 0.717) is 5.56 Å². The quantitative estimate of drug-likeness (QED) is 0.389. The summed E-state index contributed by atoms with van der Waals surface area (Å²) in [5, 5.41) is 14.4. The van der Waals surface area contributed by atoms with Crippen molar-refractivity contribution < 1.29 is 31.8 Å². The predicted octanol–water partition coefficient (Wildman–Crippen LogP) is 4.80. The Hall–Kier alpha value is -2.92. The van der Waals surface area contributed by atoms with Crippen LogP contribution in [-0.4, -0.2) is 49.1 Å². The molecule has 0 aliphatic carbocycles. The van der Waals surface area contributed by atoms with Crippen LogP contribution < -0.4 is 15.3 Å². The van der Waals surface area contributed by atoms with Crippen molar-refractivity contribution in [3.8, 4) is 0 Å². The predicted molar refractivity (Wildman–Crippen MR) is 150 cm³/mol. The van der Waals surface area contributed by atoms with E-state index in [9.17, 15) is 27.3 Å². The van der Waals surface area contributed by atoms with Gasteiger partial charge in [0.15, 0.2) is 5.84 Å². The third-order valence-corrected chi connectivity index (χ3v) is 9.04. The average molecular weight is 599 g/mol. The highest BCUT2D eigenvalue weighted by atomic mass is 35.5. The van der Waals surface area contributed by atoms with Crippen LogP contribution in [0.25, 0.3) is 0 Å². The van der Waals surface area contributed by atoms with Gasteiger partial charge in [-0.2, -0.15) is 4.76 Å². The number of carbonyl (C=O) groups is 1. The summed E-state index contributed by atoms with van der Waals surface area (Å²) in [6, 6.07) is 7.63. The van der Waals surface area contributed by atoms with Gasteiger partial charge in [-0.3, -0.25) is 14.1 Å². The van der Waals surface area contributed by atoms with Gasteiger partial charge in [-0.15, -0.1) is 0 Å². The average Bonchev–Trinajstić information content (AvgIpc) is 3.05. The molecule has 2 aromatic rings. The lowest BCUT2D eigenvalue weighted by molar-refractivity contribution is -0.129. The summed E-state index contributed by atoms with van der Waals surface area (Å²) in [4.78, 5) is 15.2. The number of nitrogens with one attached hydrogen (secondary N) is 2. The Kier molecular flexibility index (Phi) is 7.63. The number of aliphatic hydroxyl groups is 1. The van der Waals surface area contributed by atoms with E-state index < -0.39 is 40.7 Å². The SMILES string of the molecule is CCOP1(=O)N=C(C2=C(O)[C@H](C(C)(C)C)N(Cc3ccc(F)c(Cl)c3)C2=O)Nc2ccc(NS(C)(=O)=O)cc21. The summed E-state index contributed by atoms with van der Waals surface area (Å²) in [6.07, 6.45) is 0.987. The number of amides is 1. The third-order valence-electron chi connectivity index (χ3n) is 6.09. The second kappa shape index (κ2) is 10.2. The molecule has 210 valence electrons. The Morgan fingerprint density at radius 2 is 1.95 bits per heavy atom. The van der Waals surface area contributed by atoms with Gasteiger partial charge >= 0.3 is 7.52 Å². The zero-order chi connectivity index (χ0) is 28.9. The molecule has 3 N–H and O–H groups in total. The zero-order valence-corrected chi connectivity index (χ0v) is 24.4. The largest absolute Gasteiger partial charge is 0.509 e. The van der Waals surface area contributed by atoms with Crippen molar-refractivity contribution in [3.05, 3.63) is 64.1 Å². The Labute approximate surface area is 231 Å². The van der Waals surface area contributed by atoms with Crippen LogP contribution in [0.1, 0.15) is 33.3 Å². The number of anilines is 2. The van der Waals surface area contributed by atoms with Crippen molar-refractivity contribution in [3.63, 3.8) is 0 Å². The fourth-order valence-electron chi connectivity index (χ4n) is 4.63. The summed E-state index contributed by atoms with van der Waals surface area (Å²) in [5.41, 5.74) is 0.182. The van der Waals surface area contributed by atoms with Crippen LogP contribution in [0.3, 0.4) is 0 Å². The molecule has 0 spiro atoms. The first-order chi connectivity index (χ1) is 18.0. The van der Waals surface area contributed by atoms with Gasteiger partial charge in [-0.1, -0.05) is 38.4 Å². The molecule has 0 bridgehead atoms. The first kappa shape index (κ1) is 29.1. The molecule has 10 nitrogen and oxygen atoms in total. The molecule has 39 heavy (non-hydrogen) atoms. The van der Waals surface area contributed by atoms with Crippen molar-refractivity contribution >= 4 is 57.6 Å². The van der Waals surface area contributed by atoms with E-state index >= 15 is 0 Å². The van der Waals surface area contributed by atoms with Crippen LogP contribution in [0.2, 0.25) is 5.02 Å². The lowest BCUT2D eigenvalue weighted by atomic mass is 9.85. The highest BCUT2D eigenvalue weighted by molar-refractivity contribution is 7.92. The summed E-state index contributed by atoms with van der Waals surface area (Å²) >= 11 is 5.95. The number of rotatable bonds is 7. The number of aliphatic hydroxyl groups excluding tert-OH is 1. The van der Waals surface area contributed by atoms with Crippen LogP contribution in [0, 0.1) is 11.2 Å². The summed E-state index contributed by atoms with van der Waals surface area (Å²) in [5.74, 6) is -1.59. The smallest absolute Gasteiger partial charge is 0.348 e. The number of benzene rings is 2. The lowest BCUT2D eigenvalue weighted by Crippen LogP contribution is -2.43. The molecule has 2 aromatic carbocycles. The van der Waals surface area contributed by atoms with Gasteiger partial charge in [-0.25, -0.2) is 12.8 Å². The highest BCUT2D eigenvalue weighted by Gasteiger charge is 2.48. The van der Waals surface area contributed by atoms with E-state index in [-0.39, 0.29) is 52.0 Å². The van der Waals surface area contributed by atoms with Crippen molar-refractivity contribution in [2.75, 3.05) is 22.9 Å². The number of fused-ring (bicyclic) bond motifs is 1. The maximum Gasteiger partial charge on any atom is 0.348 e. The second-order valence-corrected chi connectivity index (χ2v) is 14.5. The van der Waals surface area contributed by atoms with Gasteiger partial charge in [0, 0.05) is 12.2 Å². The van der Waals surface area contributed by atoms with Gasteiger partial charge < -0.3 is 19.8 Å². The maximum atomic E-state index is 14.0. The second-order valence-electron chi connectivity index (χ2n) is 10.3. The minimum absolute atomic E-state index is 0.0122. The van der Waals surface area contributed by atoms with E-state index in [4.69, 9.17) is 16.1 Å². The molecule has 14 heteroatoms. The standard InChI is InChI=1S/C25H29ClFN4O6PS/c1-6-37-38(34)19-12-15(30-39(5,35)36)8-10-18(19)28-23(29-38)20-21(32)22(25(2,3)4)31(24(20)33)13-14-7-9-17(27)16(26)11-14/h7-12,22,30,32H,6,13H2,1-5H3,(H,28,29,34)/t22-,38?/m1/s1. The molecule has 4 rings (SSSR count). The first-order valence-electron chi connectivity index (χ1n) is 12.0. The summed E-state index contributed by atoms with van der Waals surface area (Å²) in [7, 11) is -7.61. The van der Waals surface area contributed by atoms with Crippen molar-refractivity contribution in [2.24, 2.45) is 10.2 Å². The Morgan fingerprint density at radius 3 is 2.54 bits per heavy atom. The Bertz CT molecular complexity index is 1570. The number of nitrogens with zero attached hydrogens (tertiary/aromatic N) is 2. The molecule has 1 unspecified atom stereocenters. The van der Waals surface area contributed by atoms with Crippen molar-refractivity contribution in [1.82, 2.24) is 4.90 Å². The van der Waals surface area contributed by atoms with E-state index in [1.807, 2.05) is 20.8 Å². The van der Waals surface area contributed by atoms with E-state index in [0.717, 1.165) is 6.26 Å². The van der Waals surface area contributed by atoms with Crippen LogP contribution in [0.4, 0.5) is 15.8 Å². The van der Waals surface area contributed by atoms with Crippen LogP contribution in [0.5, 0.6) is 0 Å². The molecule has 0 radical (unpaired) electrons.